The van der Waals surface area contributed by atoms with Gasteiger partial charge in [-0.25, -0.2) is 0 Å². The Morgan fingerprint density at radius 3 is 2.59 bits per heavy atom. The number of amides is 1. The largest absolute Gasteiger partial charge is 0.377 e. The van der Waals surface area contributed by atoms with E-state index in [0.29, 0.717) is 13.2 Å². The van der Waals surface area contributed by atoms with Crippen molar-refractivity contribution in [1.82, 2.24) is 5.32 Å². The maximum Gasteiger partial charge on any atom is 0.241 e. The Balaban J connectivity index is 2.33. The number of hydrogen-bond acceptors (Lipinski definition) is 3. The van der Waals surface area contributed by atoms with E-state index in [1.807, 2.05) is 44.2 Å². The molecule has 0 unspecified atom stereocenters. The number of ether oxygens (including phenoxy) is 1. The van der Waals surface area contributed by atoms with Gasteiger partial charge in [0.05, 0.1) is 12.7 Å². The number of benzene rings is 1. The predicted octanol–water partition coefficient (Wildman–Crippen LogP) is 1.23. The second-order valence-electron chi connectivity index (χ2n) is 4.10. The van der Waals surface area contributed by atoms with Crippen LogP contribution in [-0.4, -0.2) is 25.2 Å². The van der Waals surface area contributed by atoms with Crippen LogP contribution in [0.4, 0.5) is 0 Å². The lowest BCUT2D eigenvalue weighted by molar-refractivity contribution is -0.122. The maximum atomic E-state index is 11.7. The van der Waals surface area contributed by atoms with Gasteiger partial charge in [-0.15, -0.1) is 0 Å². The molecule has 17 heavy (non-hydrogen) atoms. The van der Waals surface area contributed by atoms with E-state index in [1.54, 1.807) is 0 Å². The van der Waals surface area contributed by atoms with Crippen molar-refractivity contribution in [1.29, 1.82) is 0 Å². The number of hydrogen-bond donors (Lipinski definition) is 2. The van der Waals surface area contributed by atoms with Crippen LogP contribution in [0.5, 0.6) is 0 Å². The third kappa shape index (κ3) is 4.97. The molecule has 0 radical (unpaired) electrons. The van der Waals surface area contributed by atoms with Gasteiger partial charge in [-0.2, -0.15) is 0 Å². The Bertz CT molecular complexity index is 339. The summed E-state index contributed by atoms with van der Waals surface area (Å²) in [7, 11) is 0. The highest BCUT2D eigenvalue weighted by Gasteiger charge is 2.14. The molecule has 0 saturated carbocycles. The second-order valence-corrected chi connectivity index (χ2v) is 4.10. The molecule has 0 saturated heterocycles. The van der Waals surface area contributed by atoms with Gasteiger partial charge in [0.2, 0.25) is 5.91 Å². The van der Waals surface area contributed by atoms with Gasteiger partial charge in [-0.05, 0) is 19.4 Å². The van der Waals surface area contributed by atoms with Crippen LogP contribution in [0.2, 0.25) is 0 Å². The highest BCUT2D eigenvalue weighted by molar-refractivity contribution is 5.82. The highest BCUT2D eigenvalue weighted by atomic mass is 16.5. The summed E-state index contributed by atoms with van der Waals surface area (Å²) < 4.78 is 5.32. The van der Waals surface area contributed by atoms with Gasteiger partial charge in [0.15, 0.2) is 0 Å². The fraction of sp³-hybridized carbons (Fsp3) is 0.462. The Morgan fingerprint density at radius 1 is 1.35 bits per heavy atom. The number of carbonyl (C=O) groups is 1. The first kappa shape index (κ1) is 13.7. The molecule has 4 heteroatoms. The van der Waals surface area contributed by atoms with Gasteiger partial charge in [0.25, 0.3) is 0 Å². The van der Waals surface area contributed by atoms with Crippen molar-refractivity contribution in [2.24, 2.45) is 5.73 Å². The van der Waals surface area contributed by atoms with Gasteiger partial charge < -0.3 is 15.8 Å². The van der Waals surface area contributed by atoms with E-state index >= 15 is 0 Å². The lowest BCUT2D eigenvalue weighted by Gasteiger charge is -2.13. The molecule has 0 aliphatic heterocycles. The van der Waals surface area contributed by atoms with Crippen LogP contribution in [0, 0.1) is 0 Å². The smallest absolute Gasteiger partial charge is 0.241 e. The Hall–Kier alpha value is -1.39. The van der Waals surface area contributed by atoms with Gasteiger partial charge in [0, 0.05) is 6.54 Å². The molecule has 1 amide bonds. The van der Waals surface area contributed by atoms with Crippen molar-refractivity contribution in [3.8, 4) is 0 Å². The molecule has 0 aromatic heterocycles. The molecule has 3 N–H and O–H groups in total. The van der Waals surface area contributed by atoms with E-state index in [4.69, 9.17) is 10.5 Å². The molecule has 0 fully saturated rings. The monoisotopic (exact) mass is 236 g/mol. The third-order valence-electron chi connectivity index (χ3n) is 2.29. The average molecular weight is 236 g/mol. The van der Waals surface area contributed by atoms with Crippen molar-refractivity contribution in [2.45, 2.75) is 26.0 Å². The topological polar surface area (TPSA) is 64.3 Å². The van der Waals surface area contributed by atoms with E-state index in [9.17, 15) is 4.79 Å². The van der Waals surface area contributed by atoms with E-state index in [2.05, 4.69) is 5.32 Å². The average Bonchev–Trinajstić information content (AvgIpc) is 2.34. The van der Waals surface area contributed by atoms with Gasteiger partial charge in [0.1, 0.15) is 6.04 Å². The molecule has 0 aliphatic rings. The summed E-state index contributed by atoms with van der Waals surface area (Å²) in [6.45, 7) is 4.90. The zero-order valence-corrected chi connectivity index (χ0v) is 10.3. The van der Waals surface area contributed by atoms with Crippen molar-refractivity contribution in [3.05, 3.63) is 35.9 Å². The summed E-state index contributed by atoms with van der Waals surface area (Å²) in [5.74, 6) is -0.177. The highest BCUT2D eigenvalue weighted by Crippen LogP contribution is 2.08. The minimum atomic E-state index is -0.616. The first-order valence-electron chi connectivity index (χ1n) is 5.81. The van der Waals surface area contributed by atoms with E-state index in [-0.39, 0.29) is 12.0 Å². The van der Waals surface area contributed by atoms with E-state index < -0.39 is 6.04 Å². The summed E-state index contributed by atoms with van der Waals surface area (Å²) in [5, 5.41) is 2.75. The molecule has 1 aromatic rings. The summed E-state index contributed by atoms with van der Waals surface area (Å²) in [5.41, 5.74) is 6.64. The first-order valence-corrected chi connectivity index (χ1v) is 5.81. The molecular weight excluding hydrogens is 216 g/mol. The fourth-order valence-electron chi connectivity index (χ4n) is 1.39. The standard InChI is InChI=1S/C13H20N2O2/c1-10(2)17-9-8-15-13(16)12(14)11-6-4-3-5-7-11/h3-7,10,12H,8-9,14H2,1-2H3,(H,15,16)/t12-/m1/s1. The minimum absolute atomic E-state index is 0.176. The summed E-state index contributed by atoms with van der Waals surface area (Å²) in [6.07, 6.45) is 0.176. The summed E-state index contributed by atoms with van der Waals surface area (Å²) >= 11 is 0. The molecule has 0 bridgehead atoms. The second kappa shape index (κ2) is 7.04. The van der Waals surface area contributed by atoms with Crippen molar-refractivity contribution in [3.63, 3.8) is 0 Å². The molecule has 1 rings (SSSR count). The molecule has 94 valence electrons. The van der Waals surface area contributed by atoms with Crippen LogP contribution >= 0.6 is 0 Å². The van der Waals surface area contributed by atoms with E-state index in [1.165, 1.54) is 0 Å². The zero-order chi connectivity index (χ0) is 12.7. The van der Waals surface area contributed by atoms with Crippen molar-refractivity contribution in [2.75, 3.05) is 13.2 Å². The third-order valence-corrected chi connectivity index (χ3v) is 2.29. The van der Waals surface area contributed by atoms with Crippen LogP contribution in [0.1, 0.15) is 25.5 Å². The Kier molecular flexibility index (Phi) is 5.66. The Labute approximate surface area is 102 Å². The lowest BCUT2D eigenvalue weighted by atomic mass is 10.1. The predicted molar refractivity (Wildman–Crippen MR) is 67.5 cm³/mol. The Morgan fingerprint density at radius 2 is 2.00 bits per heavy atom. The normalized spacial score (nSPS) is 12.5. The quantitative estimate of drug-likeness (QED) is 0.730. The molecular formula is C13H20N2O2. The minimum Gasteiger partial charge on any atom is -0.377 e. The van der Waals surface area contributed by atoms with Gasteiger partial charge in [-0.1, -0.05) is 30.3 Å². The number of rotatable bonds is 6. The fourth-order valence-corrected chi connectivity index (χ4v) is 1.39. The number of nitrogens with one attached hydrogen (secondary N) is 1. The van der Waals surface area contributed by atoms with E-state index in [0.717, 1.165) is 5.56 Å². The number of carbonyl (C=O) groups excluding carboxylic acids is 1. The number of nitrogens with two attached hydrogens (primary N) is 1. The molecule has 1 atom stereocenters. The van der Waals surface area contributed by atoms with Crippen LogP contribution in [0.15, 0.2) is 30.3 Å². The van der Waals surface area contributed by atoms with Crippen LogP contribution in [-0.2, 0) is 9.53 Å². The molecule has 1 aromatic carbocycles. The zero-order valence-electron chi connectivity index (χ0n) is 10.3. The van der Waals surface area contributed by atoms with Gasteiger partial charge >= 0.3 is 0 Å². The first-order chi connectivity index (χ1) is 8.11. The molecule has 4 nitrogen and oxygen atoms in total. The van der Waals surface area contributed by atoms with Crippen LogP contribution in [0.25, 0.3) is 0 Å². The lowest BCUT2D eigenvalue weighted by Crippen LogP contribution is -2.36. The van der Waals surface area contributed by atoms with Crippen LogP contribution in [0.3, 0.4) is 0 Å². The van der Waals surface area contributed by atoms with Crippen molar-refractivity contribution >= 4 is 5.91 Å². The van der Waals surface area contributed by atoms with Crippen LogP contribution < -0.4 is 11.1 Å². The maximum absolute atomic E-state index is 11.7. The molecule has 0 heterocycles. The molecule has 0 spiro atoms. The van der Waals surface area contributed by atoms with Crippen molar-refractivity contribution < 1.29 is 9.53 Å². The SMILES string of the molecule is CC(C)OCCNC(=O)[C@H](N)c1ccccc1. The van der Waals surface area contributed by atoms with Gasteiger partial charge in [-0.3, -0.25) is 4.79 Å². The molecule has 0 aliphatic carbocycles. The summed E-state index contributed by atoms with van der Waals surface area (Å²) in [4.78, 5) is 11.7. The summed E-state index contributed by atoms with van der Waals surface area (Å²) in [6, 6.07) is 8.69.